The number of aliphatic carboxylic acids is 1. The van der Waals surface area contributed by atoms with Crippen LogP contribution in [0.1, 0.15) is 47.3 Å². The Kier molecular flexibility index (Phi) is 8.49. The van der Waals surface area contributed by atoms with Crippen molar-refractivity contribution in [2.75, 3.05) is 6.54 Å². The van der Waals surface area contributed by atoms with Crippen molar-refractivity contribution in [1.29, 1.82) is 0 Å². The summed E-state index contributed by atoms with van der Waals surface area (Å²) < 4.78 is 11.3. The van der Waals surface area contributed by atoms with Crippen LogP contribution < -0.4 is 16.3 Å². The van der Waals surface area contributed by atoms with E-state index in [2.05, 4.69) is 10.6 Å². The molecule has 0 aliphatic heterocycles. The van der Waals surface area contributed by atoms with Crippen molar-refractivity contribution >= 4 is 39.7 Å². The van der Waals surface area contributed by atoms with E-state index in [1.165, 1.54) is 0 Å². The first kappa shape index (κ1) is 27.6. The van der Waals surface area contributed by atoms with Crippen molar-refractivity contribution in [3.05, 3.63) is 80.9 Å². The molecule has 1 unspecified atom stereocenters. The summed E-state index contributed by atoms with van der Waals surface area (Å²) in [5.41, 5.74) is 3.60. The number of benzene rings is 2. The smallest absolute Gasteiger partial charge is 0.339 e. The van der Waals surface area contributed by atoms with E-state index in [0.29, 0.717) is 16.7 Å². The maximum absolute atomic E-state index is 12.9. The summed E-state index contributed by atoms with van der Waals surface area (Å²) in [4.78, 5) is 49.3. The summed E-state index contributed by atoms with van der Waals surface area (Å²) in [7, 11) is 0. The second-order valence-corrected chi connectivity index (χ2v) is 9.72. The fourth-order valence-corrected chi connectivity index (χ4v) is 4.65. The summed E-state index contributed by atoms with van der Waals surface area (Å²) >= 11 is 0. The molecule has 0 saturated carbocycles. The molecule has 9 heteroatoms. The van der Waals surface area contributed by atoms with Gasteiger partial charge in [0.1, 0.15) is 23.0 Å². The number of rotatable bonds is 11. The molecule has 0 aliphatic rings. The highest BCUT2D eigenvalue weighted by Crippen LogP contribution is 2.31. The molecule has 0 radical (unpaired) electrons. The van der Waals surface area contributed by atoms with Crippen molar-refractivity contribution in [3.63, 3.8) is 0 Å². The van der Waals surface area contributed by atoms with E-state index < -0.39 is 23.5 Å². The van der Waals surface area contributed by atoms with Gasteiger partial charge in [0, 0.05) is 48.2 Å². The van der Waals surface area contributed by atoms with E-state index in [-0.39, 0.29) is 44.6 Å². The monoisotopic (exact) mass is 532 g/mol. The topological polar surface area (TPSA) is 139 Å². The zero-order valence-corrected chi connectivity index (χ0v) is 22.3. The number of furan rings is 1. The molecule has 0 saturated heterocycles. The summed E-state index contributed by atoms with van der Waals surface area (Å²) in [5.74, 6) is -0.916. The van der Waals surface area contributed by atoms with Gasteiger partial charge in [-0.1, -0.05) is 30.3 Å². The Hall–Kier alpha value is -4.40. The number of carboxylic acid groups (broad SMARTS) is 1. The second-order valence-electron chi connectivity index (χ2n) is 9.72. The molecule has 4 rings (SSSR count). The van der Waals surface area contributed by atoms with Gasteiger partial charge in [-0.2, -0.15) is 0 Å². The molecule has 1 atom stereocenters. The van der Waals surface area contributed by atoms with Gasteiger partial charge in [0.2, 0.25) is 11.8 Å². The molecule has 39 heavy (non-hydrogen) atoms. The summed E-state index contributed by atoms with van der Waals surface area (Å²) in [6, 6.07) is 12.1. The van der Waals surface area contributed by atoms with E-state index in [9.17, 15) is 19.2 Å². The van der Waals surface area contributed by atoms with Crippen LogP contribution in [0.2, 0.25) is 0 Å². The molecule has 204 valence electrons. The molecule has 2 aromatic carbocycles. The number of hydrogen-bond donors (Lipinski definition) is 3. The first-order valence-electron chi connectivity index (χ1n) is 12.9. The molecule has 0 aliphatic carbocycles. The minimum atomic E-state index is -0.939. The third-order valence-electron chi connectivity index (χ3n) is 6.99. The number of aryl methyl sites for hydroxylation is 3. The van der Waals surface area contributed by atoms with Crippen LogP contribution in [-0.4, -0.2) is 35.5 Å². The minimum Gasteiger partial charge on any atom is -0.481 e. The molecule has 0 bridgehead atoms. The maximum Gasteiger partial charge on any atom is 0.339 e. The number of fused-ring (bicyclic) bond motifs is 2. The van der Waals surface area contributed by atoms with E-state index in [0.717, 1.165) is 33.2 Å². The lowest BCUT2D eigenvalue weighted by Crippen LogP contribution is -2.48. The van der Waals surface area contributed by atoms with Crippen LogP contribution in [0.5, 0.6) is 0 Å². The van der Waals surface area contributed by atoms with Gasteiger partial charge in [0.05, 0.1) is 0 Å². The minimum absolute atomic E-state index is 0.0131. The van der Waals surface area contributed by atoms with Crippen LogP contribution in [0.3, 0.4) is 0 Å². The molecule has 0 fully saturated rings. The first-order valence-corrected chi connectivity index (χ1v) is 12.9. The predicted molar refractivity (Wildman–Crippen MR) is 147 cm³/mol. The van der Waals surface area contributed by atoms with E-state index in [1.807, 2.05) is 57.2 Å². The Morgan fingerprint density at radius 1 is 0.923 bits per heavy atom. The van der Waals surface area contributed by atoms with Gasteiger partial charge in [0.15, 0.2) is 0 Å². The van der Waals surface area contributed by atoms with Gasteiger partial charge >= 0.3 is 11.6 Å². The van der Waals surface area contributed by atoms with Crippen molar-refractivity contribution in [2.45, 2.75) is 58.9 Å². The first-order chi connectivity index (χ1) is 18.6. The van der Waals surface area contributed by atoms with Crippen molar-refractivity contribution < 1.29 is 28.3 Å². The normalized spacial score (nSPS) is 12.0. The standard InChI is InChI=1S/C30H32N2O7/c1-17-19(3)38-25-16-26-23(15-22(17)25)18(2)21(30(37)39-26)11-12-27(33)32-24(14-20-8-5-4-6-9-20)29(36)31-13-7-10-28(34)35/h4-6,8-9,15-16,24H,7,10-14H2,1-3H3,(H,31,36)(H,32,33)(H,34,35). The Bertz CT molecular complexity index is 1580. The average Bonchev–Trinajstić information content (AvgIpc) is 3.17. The Morgan fingerprint density at radius 2 is 1.62 bits per heavy atom. The number of nitrogens with one attached hydrogen (secondary N) is 2. The van der Waals surface area contributed by atoms with Gasteiger partial charge < -0.3 is 24.6 Å². The number of amides is 2. The lowest BCUT2D eigenvalue weighted by Gasteiger charge is -2.19. The van der Waals surface area contributed by atoms with Crippen molar-refractivity contribution in [1.82, 2.24) is 10.6 Å². The SMILES string of the molecule is Cc1oc2cc3oc(=O)c(CCC(=O)NC(Cc4ccccc4)C(=O)NCCCC(=O)O)c(C)c3cc2c1C. The second kappa shape index (κ2) is 12.0. The third-order valence-corrected chi connectivity index (χ3v) is 6.99. The molecule has 2 amide bonds. The highest BCUT2D eigenvalue weighted by atomic mass is 16.4. The number of carbonyl (C=O) groups is 3. The van der Waals surface area contributed by atoms with Gasteiger partial charge in [-0.25, -0.2) is 4.79 Å². The lowest BCUT2D eigenvalue weighted by atomic mass is 10.00. The van der Waals surface area contributed by atoms with Crippen LogP contribution in [-0.2, 0) is 27.2 Å². The highest BCUT2D eigenvalue weighted by molar-refractivity contribution is 5.97. The molecule has 9 nitrogen and oxygen atoms in total. The Labute approximate surface area is 225 Å². The van der Waals surface area contributed by atoms with Gasteiger partial charge in [-0.15, -0.1) is 0 Å². The Balaban J connectivity index is 1.48. The molecule has 2 heterocycles. The zero-order chi connectivity index (χ0) is 28.1. The van der Waals surface area contributed by atoms with Crippen LogP contribution in [0, 0.1) is 20.8 Å². The van der Waals surface area contributed by atoms with Crippen LogP contribution >= 0.6 is 0 Å². The fourth-order valence-electron chi connectivity index (χ4n) is 4.65. The number of hydrogen-bond acceptors (Lipinski definition) is 6. The number of carboxylic acids is 1. The Morgan fingerprint density at radius 3 is 2.33 bits per heavy atom. The fraction of sp³-hybridized carbons (Fsp3) is 0.333. The quantitative estimate of drug-likeness (QED) is 0.195. The number of carbonyl (C=O) groups excluding carboxylic acids is 2. The lowest BCUT2D eigenvalue weighted by molar-refractivity contribution is -0.137. The molecular weight excluding hydrogens is 500 g/mol. The molecule has 2 aromatic heterocycles. The van der Waals surface area contributed by atoms with Crippen LogP contribution in [0.15, 0.2) is 56.1 Å². The zero-order valence-electron chi connectivity index (χ0n) is 22.3. The average molecular weight is 533 g/mol. The summed E-state index contributed by atoms with van der Waals surface area (Å²) in [6.07, 6.45) is 0.633. The largest absolute Gasteiger partial charge is 0.481 e. The van der Waals surface area contributed by atoms with Crippen molar-refractivity contribution in [3.8, 4) is 0 Å². The molecule has 4 aromatic rings. The van der Waals surface area contributed by atoms with Crippen LogP contribution in [0.4, 0.5) is 0 Å². The van der Waals surface area contributed by atoms with Crippen LogP contribution in [0.25, 0.3) is 21.9 Å². The van der Waals surface area contributed by atoms with Gasteiger partial charge in [-0.05, 0) is 56.4 Å². The molecule has 0 spiro atoms. The predicted octanol–water partition coefficient (Wildman–Crippen LogP) is 4.11. The highest BCUT2D eigenvalue weighted by Gasteiger charge is 2.22. The van der Waals surface area contributed by atoms with Gasteiger partial charge in [0.25, 0.3) is 0 Å². The molecular formula is C30H32N2O7. The third kappa shape index (κ3) is 6.54. The van der Waals surface area contributed by atoms with E-state index in [4.69, 9.17) is 13.9 Å². The molecule has 3 N–H and O–H groups in total. The maximum atomic E-state index is 12.9. The van der Waals surface area contributed by atoms with E-state index >= 15 is 0 Å². The van der Waals surface area contributed by atoms with Gasteiger partial charge in [-0.3, -0.25) is 14.4 Å². The summed E-state index contributed by atoms with van der Waals surface area (Å²) in [5, 5.41) is 16.0. The van der Waals surface area contributed by atoms with Crippen molar-refractivity contribution in [2.24, 2.45) is 0 Å². The summed E-state index contributed by atoms with van der Waals surface area (Å²) in [6.45, 7) is 5.88. The van der Waals surface area contributed by atoms with E-state index in [1.54, 1.807) is 6.07 Å².